The number of rotatable bonds is 7. The number of methoxy groups -OCH3 is 1. The van der Waals surface area contributed by atoms with Crippen LogP contribution in [0.4, 0.5) is 8.78 Å². The number of hydrogen-bond donors (Lipinski definition) is 0. The summed E-state index contributed by atoms with van der Waals surface area (Å²) in [5, 5.41) is 0. The molecule has 3 heterocycles. The third kappa shape index (κ3) is 5.03. The van der Waals surface area contributed by atoms with Crippen LogP contribution in [-0.4, -0.2) is 32.4 Å². The summed E-state index contributed by atoms with van der Waals surface area (Å²) in [5.41, 5.74) is 2.05. The van der Waals surface area contributed by atoms with Gasteiger partial charge in [-0.25, -0.2) is 18.7 Å². The number of Topliss-reactive ketones (excluding diaryl/α,β-unsaturated/α-hetero) is 1. The Hall–Kier alpha value is -4.99. The SMILES string of the molecule is COc1nc2c(Oc3ccc(CC(=O)c4c(C)nc(C)n(-c5ccc(F)cc5)c4=O)cc3F)ccnc2cc1C. The van der Waals surface area contributed by atoms with Gasteiger partial charge in [-0.05, 0) is 68.8 Å². The van der Waals surface area contributed by atoms with Crippen molar-refractivity contribution in [3.8, 4) is 23.1 Å². The molecule has 5 aromatic rings. The van der Waals surface area contributed by atoms with E-state index >= 15 is 4.39 Å². The summed E-state index contributed by atoms with van der Waals surface area (Å²) in [6, 6.07) is 12.8. The molecule has 0 saturated carbocycles. The van der Waals surface area contributed by atoms with Gasteiger partial charge in [0.15, 0.2) is 23.1 Å². The number of carbonyl (C=O) groups is 1. The van der Waals surface area contributed by atoms with Crippen LogP contribution in [0.2, 0.25) is 0 Å². The van der Waals surface area contributed by atoms with Gasteiger partial charge in [-0.1, -0.05) is 6.07 Å². The van der Waals surface area contributed by atoms with Crippen molar-refractivity contribution >= 4 is 16.8 Å². The van der Waals surface area contributed by atoms with E-state index in [-0.39, 0.29) is 29.2 Å². The Kier molecular flexibility index (Phi) is 7.08. The van der Waals surface area contributed by atoms with Gasteiger partial charge < -0.3 is 9.47 Å². The maximum absolute atomic E-state index is 15.1. The van der Waals surface area contributed by atoms with Gasteiger partial charge in [0.25, 0.3) is 5.56 Å². The van der Waals surface area contributed by atoms with Crippen LogP contribution in [0.5, 0.6) is 17.4 Å². The first-order chi connectivity index (χ1) is 19.2. The highest BCUT2D eigenvalue weighted by Gasteiger charge is 2.21. The summed E-state index contributed by atoms with van der Waals surface area (Å²) in [5.74, 6) is -0.709. The van der Waals surface area contributed by atoms with Crippen LogP contribution in [0.15, 0.2) is 65.6 Å². The molecular formula is C30H24F2N4O4. The Morgan fingerprint density at radius 2 is 1.70 bits per heavy atom. The Morgan fingerprint density at radius 1 is 0.950 bits per heavy atom. The van der Waals surface area contributed by atoms with Gasteiger partial charge in [-0.15, -0.1) is 0 Å². The molecule has 0 aliphatic heterocycles. The molecule has 0 spiro atoms. The minimum atomic E-state index is -0.697. The number of nitrogens with zero attached hydrogens (tertiary/aromatic N) is 4. The van der Waals surface area contributed by atoms with Gasteiger partial charge >= 0.3 is 0 Å². The lowest BCUT2D eigenvalue weighted by atomic mass is 10.0. The lowest BCUT2D eigenvalue weighted by Crippen LogP contribution is -2.30. The summed E-state index contributed by atoms with van der Waals surface area (Å²) >= 11 is 0. The number of ketones is 1. The molecular weight excluding hydrogens is 518 g/mol. The normalized spacial score (nSPS) is 11.1. The number of fused-ring (bicyclic) bond motifs is 1. The van der Waals surface area contributed by atoms with Crippen molar-refractivity contribution in [3.05, 3.63) is 111 Å². The van der Waals surface area contributed by atoms with Crippen molar-refractivity contribution in [1.82, 2.24) is 19.5 Å². The minimum absolute atomic E-state index is 0.0723. The summed E-state index contributed by atoms with van der Waals surface area (Å²) in [6.45, 7) is 5.03. The summed E-state index contributed by atoms with van der Waals surface area (Å²) in [4.78, 5) is 39.6. The van der Waals surface area contributed by atoms with Crippen LogP contribution < -0.4 is 15.0 Å². The number of hydrogen-bond acceptors (Lipinski definition) is 7. The molecule has 5 rings (SSSR count). The van der Waals surface area contributed by atoms with E-state index in [4.69, 9.17) is 9.47 Å². The van der Waals surface area contributed by atoms with Crippen LogP contribution in [0.1, 0.15) is 33.0 Å². The van der Waals surface area contributed by atoms with Gasteiger partial charge in [-0.3, -0.25) is 19.1 Å². The van der Waals surface area contributed by atoms with Crippen molar-refractivity contribution in [1.29, 1.82) is 0 Å². The van der Waals surface area contributed by atoms with E-state index in [1.165, 1.54) is 54.3 Å². The largest absolute Gasteiger partial charge is 0.481 e. The average molecular weight is 543 g/mol. The van der Waals surface area contributed by atoms with Crippen molar-refractivity contribution in [2.75, 3.05) is 7.11 Å². The van der Waals surface area contributed by atoms with Crippen LogP contribution in [0.25, 0.3) is 16.7 Å². The van der Waals surface area contributed by atoms with E-state index in [0.717, 1.165) is 5.56 Å². The van der Waals surface area contributed by atoms with E-state index in [1.54, 1.807) is 32.0 Å². The molecule has 8 nitrogen and oxygen atoms in total. The lowest BCUT2D eigenvalue weighted by molar-refractivity contribution is 0.0990. The lowest BCUT2D eigenvalue weighted by Gasteiger charge is -2.14. The number of benzene rings is 2. The third-order valence-electron chi connectivity index (χ3n) is 6.39. The van der Waals surface area contributed by atoms with Crippen molar-refractivity contribution in [2.45, 2.75) is 27.2 Å². The highest BCUT2D eigenvalue weighted by Crippen LogP contribution is 2.32. The second-order valence-electron chi connectivity index (χ2n) is 9.19. The summed E-state index contributed by atoms with van der Waals surface area (Å²) in [7, 11) is 1.50. The second kappa shape index (κ2) is 10.6. The number of pyridine rings is 2. The van der Waals surface area contributed by atoms with Gasteiger partial charge in [0.1, 0.15) is 22.7 Å². The number of halogens is 2. The zero-order chi connectivity index (χ0) is 28.6. The maximum Gasteiger partial charge on any atom is 0.269 e. The first-order valence-corrected chi connectivity index (χ1v) is 12.3. The van der Waals surface area contributed by atoms with Gasteiger partial charge in [0.05, 0.1) is 24.0 Å². The predicted octanol–water partition coefficient (Wildman–Crippen LogP) is 5.61. The minimum Gasteiger partial charge on any atom is -0.481 e. The van der Waals surface area contributed by atoms with E-state index in [0.29, 0.717) is 34.0 Å². The Balaban J connectivity index is 1.42. The van der Waals surface area contributed by atoms with Gasteiger partial charge in [-0.2, -0.15) is 0 Å². The quantitative estimate of drug-likeness (QED) is 0.247. The molecule has 0 unspecified atom stereocenters. The highest BCUT2D eigenvalue weighted by atomic mass is 19.1. The Bertz CT molecular complexity index is 1840. The number of ether oxygens (including phenoxy) is 2. The smallest absolute Gasteiger partial charge is 0.269 e. The molecule has 0 amide bonds. The molecule has 0 aliphatic rings. The molecule has 10 heteroatoms. The zero-order valence-electron chi connectivity index (χ0n) is 22.2. The molecule has 0 N–H and O–H groups in total. The number of carbonyl (C=O) groups excluding carboxylic acids is 1. The second-order valence-corrected chi connectivity index (χ2v) is 9.19. The fourth-order valence-electron chi connectivity index (χ4n) is 4.52. The summed E-state index contributed by atoms with van der Waals surface area (Å²) < 4.78 is 40.9. The molecule has 0 saturated heterocycles. The molecule has 0 aliphatic carbocycles. The molecule has 40 heavy (non-hydrogen) atoms. The van der Waals surface area contributed by atoms with Crippen LogP contribution in [0, 0.1) is 32.4 Å². The average Bonchev–Trinajstić information content (AvgIpc) is 2.90. The number of aryl methyl sites for hydroxylation is 3. The van der Waals surface area contributed by atoms with E-state index < -0.39 is 23.0 Å². The topological polar surface area (TPSA) is 96.2 Å². The van der Waals surface area contributed by atoms with E-state index in [2.05, 4.69) is 15.0 Å². The predicted molar refractivity (Wildman–Crippen MR) is 145 cm³/mol. The maximum atomic E-state index is 15.1. The van der Waals surface area contributed by atoms with Crippen LogP contribution in [0.3, 0.4) is 0 Å². The summed E-state index contributed by atoms with van der Waals surface area (Å²) in [6.07, 6.45) is 1.30. The molecule has 2 aromatic carbocycles. The van der Waals surface area contributed by atoms with Crippen molar-refractivity contribution < 1.29 is 23.0 Å². The first-order valence-electron chi connectivity index (χ1n) is 12.3. The molecule has 0 fully saturated rings. The molecule has 0 atom stereocenters. The van der Waals surface area contributed by atoms with E-state index in [1.807, 2.05) is 6.92 Å². The monoisotopic (exact) mass is 542 g/mol. The van der Waals surface area contributed by atoms with Crippen molar-refractivity contribution in [3.63, 3.8) is 0 Å². The zero-order valence-corrected chi connectivity index (χ0v) is 22.2. The first kappa shape index (κ1) is 26.6. The van der Waals surface area contributed by atoms with Gasteiger partial charge in [0, 0.05) is 24.2 Å². The third-order valence-corrected chi connectivity index (χ3v) is 6.39. The van der Waals surface area contributed by atoms with Gasteiger partial charge in [0.2, 0.25) is 5.88 Å². The standard InChI is InChI=1S/C30H24F2N4O4/c1-16-13-23-28(35-29(16)39-4)26(11-12-33-23)40-25-10-5-19(14-22(25)32)15-24(37)27-17(2)34-18(3)36(30(27)38)21-8-6-20(31)7-9-21/h5-14H,15H2,1-4H3. The molecule has 0 bridgehead atoms. The van der Waals surface area contributed by atoms with Crippen LogP contribution in [-0.2, 0) is 6.42 Å². The molecule has 0 radical (unpaired) electrons. The fourth-order valence-corrected chi connectivity index (χ4v) is 4.52. The van der Waals surface area contributed by atoms with Crippen molar-refractivity contribution in [2.24, 2.45) is 0 Å². The number of aromatic nitrogens is 4. The Labute approximate surface area is 227 Å². The van der Waals surface area contributed by atoms with Crippen LogP contribution >= 0.6 is 0 Å². The fraction of sp³-hybridized carbons (Fsp3) is 0.167. The molecule has 3 aromatic heterocycles. The van der Waals surface area contributed by atoms with E-state index in [9.17, 15) is 14.0 Å². The molecule has 202 valence electrons. The Morgan fingerprint density at radius 3 is 2.40 bits per heavy atom. The highest BCUT2D eigenvalue weighted by molar-refractivity contribution is 5.98.